The second-order valence-electron chi connectivity index (χ2n) is 30.2. The van der Waals surface area contributed by atoms with Crippen molar-refractivity contribution in [3.63, 3.8) is 0 Å². The van der Waals surface area contributed by atoms with Gasteiger partial charge in [0.25, 0.3) is 5.91 Å². The van der Waals surface area contributed by atoms with Gasteiger partial charge in [-0.05, 0) is 112 Å². The summed E-state index contributed by atoms with van der Waals surface area (Å²) >= 11 is 0. The minimum absolute atomic E-state index is 0.0210. The number of ether oxygens (including phenoxy) is 1. The van der Waals surface area contributed by atoms with E-state index in [1.165, 1.54) is 26.8 Å². The first-order valence-electron chi connectivity index (χ1n) is 37.5. The summed E-state index contributed by atoms with van der Waals surface area (Å²) in [5, 5.41) is 46.2. The van der Waals surface area contributed by atoms with Gasteiger partial charge >= 0.3 is 5.97 Å². The Labute approximate surface area is 620 Å². The maximum absolute atomic E-state index is 15.0. The topological polar surface area (TPSA) is 451 Å². The molecule has 0 saturated carbocycles. The molecule has 0 bridgehead atoms. The lowest BCUT2D eigenvalue weighted by atomic mass is 9.93. The second kappa shape index (κ2) is 43.9. The number of nitrogens with two attached hydrogens (primary N) is 1. The number of aliphatic hydroxyl groups is 1. The molecule has 1 aromatic rings. The summed E-state index contributed by atoms with van der Waals surface area (Å²) in [7, 11) is 0. The lowest BCUT2D eigenvalue weighted by molar-refractivity contribution is -0.157. The SMILES string of the molecule is C/C=C1\NC(=O)C(Cc2ccccc2)NC(=O)C(C(C)C)NC(=O)C(C(C)CC)NC(=O)C(NC(=O)C(NC(=O)C(CCCN)NC(=O)C2CCC(C(=O)C(NC(=O)C(NC(=O)C(NC(=O)C(NC(=O)CCCC(C)C)C(C)C)C(C)O)C(C)C)C(C)C)N2)C(C)CC)C(C)OC(=O)C(C(C)C)NC1=O. The molecule has 105 heavy (non-hydrogen) atoms. The predicted octanol–water partition coefficient (Wildman–Crippen LogP) is 1.54. The molecule has 2 fully saturated rings. The van der Waals surface area contributed by atoms with Crippen LogP contribution in [0.25, 0.3) is 0 Å². The summed E-state index contributed by atoms with van der Waals surface area (Å²) in [6.07, 6.45) is 0.890. The van der Waals surface area contributed by atoms with Crippen LogP contribution in [0.15, 0.2) is 42.1 Å². The number of esters is 1. The number of hydrogen-bond acceptors (Lipinski definition) is 18. The molecule has 0 aromatic heterocycles. The first-order chi connectivity index (χ1) is 49.2. The summed E-state index contributed by atoms with van der Waals surface area (Å²) in [6.45, 7) is 31.8. The fourth-order valence-electron chi connectivity index (χ4n) is 12.1. The summed E-state index contributed by atoms with van der Waals surface area (Å²) < 4.78 is 5.95. The Hall–Kier alpha value is -8.38. The van der Waals surface area contributed by atoms with Crippen molar-refractivity contribution >= 4 is 82.6 Å². The smallest absolute Gasteiger partial charge is 0.329 e. The first-order valence-corrected chi connectivity index (χ1v) is 37.5. The monoisotopic (exact) mass is 1480 g/mol. The van der Waals surface area contributed by atoms with Crippen molar-refractivity contribution in [2.75, 3.05) is 6.54 Å². The molecule has 17 unspecified atom stereocenters. The number of Topliss-reactive ketones (excluding diaryl/α,β-unsaturated/α-hetero) is 1. The van der Waals surface area contributed by atoms with Crippen molar-refractivity contribution in [1.82, 2.24) is 69.1 Å². The average molecular weight is 1480 g/mol. The van der Waals surface area contributed by atoms with E-state index in [-0.39, 0.29) is 63.1 Å². The van der Waals surface area contributed by atoms with E-state index < -0.39 is 209 Å². The number of carbonyl (C=O) groups excluding carboxylic acids is 14. The second-order valence-corrected chi connectivity index (χ2v) is 30.2. The lowest BCUT2D eigenvalue weighted by Gasteiger charge is -2.33. The highest BCUT2D eigenvalue weighted by Gasteiger charge is 2.44. The molecule has 2 aliphatic heterocycles. The molecular weight excluding hydrogens is 1350 g/mol. The molecule has 1 aromatic carbocycles. The third-order valence-corrected chi connectivity index (χ3v) is 19.3. The predicted molar refractivity (Wildman–Crippen MR) is 396 cm³/mol. The Bertz CT molecular complexity index is 3160. The van der Waals surface area contributed by atoms with E-state index in [2.05, 4.69) is 69.1 Å². The van der Waals surface area contributed by atoms with Crippen LogP contribution in [0.2, 0.25) is 0 Å². The highest BCUT2D eigenvalue weighted by Crippen LogP contribution is 2.21. The van der Waals surface area contributed by atoms with Crippen LogP contribution in [0.3, 0.4) is 0 Å². The van der Waals surface area contributed by atoms with Gasteiger partial charge in [-0.1, -0.05) is 166 Å². The number of rotatable bonds is 34. The number of aliphatic hydroxyl groups excluding tert-OH is 1. The number of hydrogen-bond donors (Lipinski definition) is 15. The van der Waals surface area contributed by atoms with Crippen molar-refractivity contribution < 1.29 is 77.0 Å². The van der Waals surface area contributed by atoms with E-state index in [9.17, 15) is 67.4 Å². The highest BCUT2D eigenvalue weighted by atomic mass is 16.5. The molecule has 0 spiro atoms. The zero-order valence-electron chi connectivity index (χ0n) is 65.2. The first kappa shape index (κ1) is 90.8. The number of benzene rings is 1. The Morgan fingerprint density at radius 1 is 0.581 bits per heavy atom. The Morgan fingerprint density at radius 3 is 1.65 bits per heavy atom. The van der Waals surface area contributed by atoms with Crippen LogP contribution in [0.1, 0.15) is 195 Å². The van der Waals surface area contributed by atoms with E-state index in [0.717, 1.165) is 6.42 Å². The molecule has 590 valence electrons. The molecule has 30 nitrogen and oxygen atoms in total. The normalized spacial score (nSPS) is 23.2. The van der Waals surface area contributed by atoms with E-state index >= 15 is 4.79 Å². The van der Waals surface area contributed by atoms with Gasteiger partial charge in [0.05, 0.1) is 24.2 Å². The van der Waals surface area contributed by atoms with Crippen molar-refractivity contribution in [3.8, 4) is 0 Å². The van der Waals surface area contributed by atoms with Gasteiger partial charge in [0.15, 0.2) is 5.78 Å². The molecule has 16 N–H and O–H groups in total. The van der Waals surface area contributed by atoms with Crippen molar-refractivity contribution in [2.45, 2.75) is 287 Å². The van der Waals surface area contributed by atoms with Crippen LogP contribution < -0.4 is 74.9 Å². The Balaban J connectivity index is 1.94. The van der Waals surface area contributed by atoms with Gasteiger partial charge in [-0.15, -0.1) is 0 Å². The Morgan fingerprint density at radius 2 is 1.11 bits per heavy atom. The van der Waals surface area contributed by atoms with E-state index in [1.54, 1.807) is 127 Å². The van der Waals surface area contributed by atoms with Crippen LogP contribution in [0, 0.1) is 47.3 Å². The third-order valence-electron chi connectivity index (χ3n) is 19.3. The van der Waals surface area contributed by atoms with Crippen LogP contribution in [-0.4, -0.2) is 185 Å². The molecular formula is C75H124N14O16. The zero-order chi connectivity index (χ0) is 79.4. The summed E-state index contributed by atoms with van der Waals surface area (Å²) in [5.41, 5.74) is 6.32. The number of allylic oxidation sites excluding steroid dienone is 1. The van der Waals surface area contributed by atoms with Gasteiger partial charge < -0.3 is 79.4 Å². The van der Waals surface area contributed by atoms with Crippen molar-refractivity contribution in [1.29, 1.82) is 0 Å². The van der Waals surface area contributed by atoms with E-state index in [4.69, 9.17) is 10.5 Å². The van der Waals surface area contributed by atoms with Gasteiger partial charge in [0, 0.05) is 12.8 Å². The average Bonchev–Trinajstić information content (AvgIpc) is 1.82. The van der Waals surface area contributed by atoms with Crippen LogP contribution in [0.5, 0.6) is 0 Å². The fourth-order valence-corrected chi connectivity index (χ4v) is 12.1. The molecule has 2 aliphatic rings. The minimum Gasteiger partial charge on any atom is -0.458 e. The minimum atomic E-state index is -1.81. The molecule has 2 saturated heterocycles. The molecule has 0 aliphatic carbocycles. The summed E-state index contributed by atoms with van der Waals surface area (Å²) in [5.74, 6) is -14.6. The van der Waals surface area contributed by atoms with E-state index in [0.29, 0.717) is 24.3 Å². The van der Waals surface area contributed by atoms with Gasteiger partial charge in [0.1, 0.15) is 72.2 Å². The number of amides is 12. The number of ketones is 1. The maximum atomic E-state index is 15.0. The quantitative estimate of drug-likeness (QED) is 0.0344. The fraction of sp³-hybridized carbons (Fsp3) is 0.707. The molecule has 30 heteroatoms. The van der Waals surface area contributed by atoms with Gasteiger partial charge in [-0.2, -0.15) is 0 Å². The summed E-state index contributed by atoms with van der Waals surface area (Å²) in [6, 6.07) is -8.24. The standard InChI is InChI=1S/C75H124N14O16/c1-20-43(16)59(72(101)89-62-46(19)105-75(104)58(42(14)15)85-64(93)48(22-3)78-67(96)52(36-47-29-24-23-25-30-47)80-68(97)56(40(10)11)83-71(100)60(44(17)21-2)87-74(62)103)86-66(95)50(31-27-35-76)79-65(94)51-34-33-49(77-51)63(92)54(38(6)7)82-70(99)57(41(12)13)84-73(102)61(45(18)90)88-69(98)55(39(8)9)81-53(91)32-26-28-37(4)5/h22-25,29-30,37-46,49-52,54-62,77,90H,20-21,26-28,31-36,76H2,1-19H3,(H,78,96)(H,79,94)(H,80,97)(H,81,91)(H,82,99)(H,83,100)(H,84,102)(H,85,93)(H,86,95)(H,87,103)(H,88,98)(H,89,101)/b48-22-. The van der Waals surface area contributed by atoms with Gasteiger partial charge in [0.2, 0.25) is 65.0 Å². The largest absolute Gasteiger partial charge is 0.458 e. The molecule has 0 radical (unpaired) electrons. The van der Waals surface area contributed by atoms with Gasteiger partial charge in [-0.3, -0.25) is 67.6 Å². The number of cyclic esters (lactones) is 1. The van der Waals surface area contributed by atoms with Crippen LogP contribution in [0.4, 0.5) is 0 Å². The molecule has 17 atom stereocenters. The number of nitrogens with one attached hydrogen (secondary N) is 13. The molecule has 3 rings (SSSR count). The lowest BCUT2D eigenvalue weighted by Crippen LogP contribution is -2.64. The maximum Gasteiger partial charge on any atom is 0.329 e. The highest BCUT2D eigenvalue weighted by molar-refractivity contribution is 6.03. The third kappa shape index (κ3) is 28.1. The molecule has 12 amide bonds. The zero-order valence-corrected chi connectivity index (χ0v) is 65.2. The molecule has 2 heterocycles. The van der Waals surface area contributed by atoms with Crippen LogP contribution >= 0.6 is 0 Å². The van der Waals surface area contributed by atoms with Crippen molar-refractivity contribution in [2.24, 2.45) is 53.1 Å². The van der Waals surface area contributed by atoms with Gasteiger partial charge in [-0.25, -0.2) is 4.79 Å². The summed E-state index contributed by atoms with van der Waals surface area (Å²) in [4.78, 5) is 200. The van der Waals surface area contributed by atoms with Crippen molar-refractivity contribution in [3.05, 3.63) is 47.7 Å². The number of carbonyl (C=O) groups is 14. The van der Waals surface area contributed by atoms with E-state index in [1.807, 2.05) is 13.8 Å². The Kier molecular flexibility index (Phi) is 38.0. The van der Waals surface area contributed by atoms with Crippen LogP contribution in [-0.2, 0) is 78.3 Å².